The van der Waals surface area contributed by atoms with Gasteiger partial charge in [-0.25, -0.2) is 19.7 Å². The third kappa shape index (κ3) is 5.33. The molecule has 0 atom stereocenters. The number of esters is 1. The van der Waals surface area contributed by atoms with E-state index in [1.807, 2.05) is 6.26 Å². The van der Waals surface area contributed by atoms with Gasteiger partial charge in [-0.3, -0.25) is 0 Å². The average molecular weight is 552 g/mol. The van der Waals surface area contributed by atoms with Crippen molar-refractivity contribution in [2.75, 3.05) is 20.0 Å². The van der Waals surface area contributed by atoms with E-state index in [-0.39, 0.29) is 33.8 Å². The SMILES string of the molecule is COC(=O)COc1cc(Cl)c(-c2nc(-c3ccnc(SC)n3)c(-c3cccc(Cl)c3)n2O)c(Cl)c1. The molecule has 2 aromatic heterocycles. The summed E-state index contributed by atoms with van der Waals surface area (Å²) < 4.78 is 10.8. The average Bonchev–Trinajstić information content (AvgIpc) is 3.18. The smallest absolute Gasteiger partial charge is 0.343 e. The normalized spacial score (nSPS) is 10.9. The van der Waals surface area contributed by atoms with Crippen LogP contribution in [0.1, 0.15) is 0 Å². The molecule has 0 saturated heterocycles. The van der Waals surface area contributed by atoms with E-state index in [0.29, 0.717) is 32.8 Å². The highest BCUT2D eigenvalue weighted by molar-refractivity contribution is 7.98. The Morgan fingerprint density at radius 3 is 2.51 bits per heavy atom. The molecule has 0 saturated carbocycles. The fraction of sp³-hybridized carbons (Fsp3) is 0.130. The highest BCUT2D eigenvalue weighted by atomic mass is 35.5. The number of hydrogen-bond donors (Lipinski definition) is 1. The Bertz CT molecular complexity index is 1390. The molecular formula is C23H17Cl3N4O4S. The van der Waals surface area contributed by atoms with Gasteiger partial charge in [0.1, 0.15) is 17.1 Å². The van der Waals surface area contributed by atoms with Crippen LogP contribution in [0.2, 0.25) is 15.1 Å². The summed E-state index contributed by atoms with van der Waals surface area (Å²) in [6.07, 6.45) is 3.47. The summed E-state index contributed by atoms with van der Waals surface area (Å²) >= 11 is 20.6. The zero-order valence-electron chi connectivity index (χ0n) is 18.3. The van der Waals surface area contributed by atoms with Gasteiger partial charge in [0.2, 0.25) is 0 Å². The zero-order chi connectivity index (χ0) is 25.1. The molecule has 8 nitrogen and oxygen atoms in total. The van der Waals surface area contributed by atoms with Crippen molar-refractivity contribution in [2.24, 2.45) is 0 Å². The monoisotopic (exact) mass is 550 g/mol. The summed E-state index contributed by atoms with van der Waals surface area (Å²) in [5.41, 5.74) is 2.06. The lowest BCUT2D eigenvalue weighted by atomic mass is 10.1. The Kier molecular flexibility index (Phi) is 7.71. The summed E-state index contributed by atoms with van der Waals surface area (Å²) in [4.78, 5) is 24.8. The molecule has 2 heterocycles. The second-order valence-electron chi connectivity index (χ2n) is 7.01. The molecule has 0 unspecified atom stereocenters. The predicted molar refractivity (Wildman–Crippen MR) is 136 cm³/mol. The van der Waals surface area contributed by atoms with Gasteiger partial charge in [-0.05, 0) is 36.6 Å². The number of nitrogens with zero attached hydrogens (tertiary/aromatic N) is 4. The van der Waals surface area contributed by atoms with Crippen molar-refractivity contribution in [1.29, 1.82) is 0 Å². The molecule has 0 radical (unpaired) electrons. The Labute approximate surface area is 219 Å². The molecular weight excluding hydrogens is 535 g/mol. The van der Waals surface area contributed by atoms with Gasteiger partial charge >= 0.3 is 5.97 Å². The Balaban J connectivity index is 1.89. The fourth-order valence-electron chi connectivity index (χ4n) is 3.27. The van der Waals surface area contributed by atoms with Crippen molar-refractivity contribution in [3.63, 3.8) is 0 Å². The first-order valence-electron chi connectivity index (χ1n) is 9.96. The molecule has 12 heteroatoms. The second kappa shape index (κ2) is 10.7. The third-order valence-corrected chi connectivity index (χ3v) is 6.23. The summed E-state index contributed by atoms with van der Waals surface area (Å²) in [7, 11) is 1.25. The van der Waals surface area contributed by atoms with Crippen molar-refractivity contribution in [2.45, 2.75) is 5.16 Å². The Hall–Kier alpha value is -2.98. The summed E-state index contributed by atoms with van der Waals surface area (Å²) in [6, 6.07) is 11.6. The minimum atomic E-state index is -0.558. The molecule has 1 N–H and O–H groups in total. The van der Waals surface area contributed by atoms with Crippen LogP contribution in [0.25, 0.3) is 34.0 Å². The summed E-state index contributed by atoms with van der Waals surface area (Å²) in [5, 5.41) is 12.6. The molecule has 0 fully saturated rings. The maximum Gasteiger partial charge on any atom is 0.343 e. The second-order valence-corrected chi connectivity index (χ2v) is 9.03. The highest BCUT2D eigenvalue weighted by Gasteiger charge is 2.26. The number of imidazole rings is 1. The number of carbonyl (C=O) groups excluding carboxylic acids is 1. The largest absolute Gasteiger partial charge is 0.482 e. The number of aromatic nitrogens is 4. The van der Waals surface area contributed by atoms with E-state index in [0.717, 1.165) is 4.73 Å². The molecule has 0 aliphatic heterocycles. The van der Waals surface area contributed by atoms with E-state index in [2.05, 4.69) is 19.7 Å². The number of methoxy groups -OCH3 is 1. The molecule has 0 bridgehead atoms. The van der Waals surface area contributed by atoms with Gasteiger partial charge in [0.15, 0.2) is 17.6 Å². The van der Waals surface area contributed by atoms with Crippen LogP contribution in [-0.2, 0) is 9.53 Å². The molecule has 0 amide bonds. The minimum absolute atomic E-state index is 0.0776. The number of halogens is 3. The first kappa shape index (κ1) is 25.1. The van der Waals surface area contributed by atoms with Crippen molar-refractivity contribution < 1.29 is 19.5 Å². The fourth-order valence-corrected chi connectivity index (χ4v) is 4.45. The maximum absolute atomic E-state index is 11.4. The lowest BCUT2D eigenvalue weighted by molar-refractivity contribution is -0.142. The van der Waals surface area contributed by atoms with Crippen LogP contribution in [0.15, 0.2) is 53.8 Å². The first-order valence-corrected chi connectivity index (χ1v) is 12.3. The first-order chi connectivity index (χ1) is 16.8. The van der Waals surface area contributed by atoms with Crippen LogP contribution in [0, 0.1) is 0 Å². The van der Waals surface area contributed by atoms with Crippen LogP contribution in [0.4, 0.5) is 0 Å². The maximum atomic E-state index is 11.4. The molecule has 0 aliphatic rings. The highest BCUT2D eigenvalue weighted by Crippen LogP contribution is 2.42. The van der Waals surface area contributed by atoms with Crippen molar-refractivity contribution in [3.05, 3.63) is 63.7 Å². The van der Waals surface area contributed by atoms with Gasteiger partial charge in [-0.1, -0.05) is 58.7 Å². The quantitative estimate of drug-likeness (QED) is 0.126. The van der Waals surface area contributed by atoms with Gasteiger partial charge in [-0.15, -0.1) is 0 Å². The van der Waals surface area contributed by atoms with Crippen LogP contribution < -0.4 is 4.74 Å². The number of carbonyl (C=O) groups is 1. The lowest BCUT2D eigenvalue weighted by Gasteiger charge is -2.11. The summed E-state index contributed by atoms with van der Waals surface area (Å²) in [5.74, 6) is -0.229. The predicted octanol–water partition coefficient (Wildman–Crippen LogP) is 6.15. The third-order valence-electron chi connectivity index (χ3n) is 4.83. The van der Waals surface area contributed by atoms with E-state index >= 15 is 0 Å². The van der Waals surface area contributed by atoms with Gasteiger partial charge in [0, 0.05) is 16.8 Å². The lowest BCUT2D eigenvalue weighted by Crippen LogP contribution is -2.12. The van der Waals surface area contributed by atoms with E-state index < -0.39 is 5.97 Å². The molecule has 4 rings (SSSR count). The van der Waals surface area contributed by atoms with Gasteiger partial charge < -0.3 is 14.7 Å². The van der Waals surface area contributed by atoms with E-state index in [4.69, 9.17) is 39.5 Å². The Morgan fingerprint density at radius 1 is 1.11 bits per heavy atom. The van der Waals surface area contributed by atoms with Crippen molar-refractivity contribution in [1.82, 2.24) is 19.7 Å². The van der Waals surface area contributed by atoms with Gasteiger partial charge in [-0.2, -0.15) is 4.73 Å². The molecule has 180 valence electrons. The number of hydrogen-bond acceptors (Lipinski definition) is 8. The number of benzene rings is 2. The van der Waals surface area contributed by atoms with Gasteiger partial charge in [0.25, 0.3) is 0 Å². The molecule has 4 aromatic rings. The molecule has 0 aliphatic carbocycles. The topological polar surface area (TPSA) is 99.4 Å². The summed E-state index contributed by atoms with van der Waals surface area (Å²) in [6.45, 7) is -0.314. The van der Waals surface area contributed by atoms with E-state index in [1.54, 1.807) is 36.5 Å². The van der Waals surface area contributed by atoms with Crippen molar-refractivity contribution >= 4 is 52.5 Å². The van der Waals surface area contributed by atoms with Crippen molar-refractivity contribution in [3.8, 4) is 39.8 Å². The standard InChI is InChI=1S/C23H17Cl3N4O4S/c1-33-18(31)11-34-14-9-15(25)19(16(26)10-14)22-29-20(17-6-7-27-23(28-17)35-2)21(30(22)32)12-4-3-5-13(24)8-12/h3-10,32H,11H2,1-2H3. The van der Waals surface area contributed by atoms with Gasteiger partial charge in [0.05, 0.1) is 28.4 Å². The molecule has 2 aromatic carbocycles. The number of rotatable bonds is 7. The Morgan fingerprint density at radius 2 is 1.86 bits per heavy atom. The van der Waals surface area contributed by atoms with E-state index in [9.17, 15) is 10.0 Å². The van der Waals surface area contributed by atoms with Crippen LogP contribution in [0.3, 0.4) is 0 Å². The van der Waals surface area contributed by atoms with Crippen LogP contribution >= 0.6 is 46.6 Å². The number of thioether (sulfide) groups is 1. The van der Waals surface area contributed by atoms with Crippen LogP contribution in [-0.4, -0.2) is 50.8 Å². The molecule has 35 heavy (non-hydrogen) atoms. The number of ether oxygens (including phenoxy) is 2. The van der Waals surface area contributed by atoms with Crippen LogP contribution in [0.5, 0.6) is 5.75 Å². The van der Waals surface area contributed by atoms with E-state index in [1.165, 1.54) is 31.0 Å². The zero-order valence-corrected chi connectivity index (χ0v) is 21.4. The molecule has 0 spiro atoms. The minimum Gasteiger partial charge on any atom is -0.482 e.